The molecule has 24 heavy (non-hydrogen) atoms. The summed E-state index contributed by atoms with van der Waals surface area (Å²) >= 11 is 0. The highest BCUT2D eigenvalue weighted by molar-refractivity contribution is 5.68. The predicted octanol–water partition coefficient (Wildman–Crippen LogP) is 3.04. The van der Waals surface area contributed by atoms with E-state index in [-0.39, 0.29) is 12.1 Å². The van der Waals surface area contributed by atoms with Gasteiger partial charge < -0.3 is 20.3 Å². The predicted molar refractivity (Wildman–Crippen MR) is 96.1 cm³/mol. The number of hydrogen-bond acceptors (Lipinski definition) is 4. The van der Waals surface area contributed by atoms with Crippen molar-refractivity contribution in [1.82, 2.24) is 15.5 Å². The molecular weight excluding hydrogens is 302 g/mol. The summed E-state index contributed by atoms with van der Waals surface area (Å²) in [5.41, 5.74) is -0.434. The maximum Gasteiger partial charge on any atom is 0.407 e. The number of nitrogens with zero attached hydrogens (tertiary/aromatic N) is 1. The van der Waals surface area contributed by atoms with Gasteiger partial charge in [0.25, 0.3) is 0 Å². The molecule has 2 saturated heterocycles. The molecule has 1 aliphatic carbocycles. The molecule has 0 aromatic heterocycles. The van der Waals surface area contributed by atoms with E-state index in [9.17, 15) is 4.79 Å². The minimum Gasteiger partial charge on any atom is -0.444 e. The zero-order valence-electron chi connectivity index (χ0n) is 15.8. The van der Waals surface area contributed by atoms with E-state index in [1.54, 1.807) is 0 Å². The summed E-state index contributed by atoms with van der Waals surface area (Å²) in [5, 5.41) is 6.99. The topological polar surface area (TPSA) is 53.6 Å². The number of hydrogen-bond donors (Lipinski definition) is 2. The van der Waals surface area contributed by atoms with E-state index in [1.807, 2.05) is 20.8 Å². The van der Waals surface area contributed by atoms with Gasteiger partial charge in [-0.1, -0.05) is 6.42 Å². The summed E-state index contributed by atoms with van der Waals surface area (Å²) in [6, 6.07) is 2.69. The molecule has 1 amide bonds. The Balaban J connectivity index is 1.52. The van der Waals surface area contributed by atoms with Gasteiger partial charge in [-0.05, 0) is 72.8 Å². The highest BCUT2D eigenvalue weighted by atomic mass is 16.6. The second kappa shape index (κ2) is 7.20. The molecule has 0 spiro atoms. The Bertz CT molecular complexity index is 434. The lowest BCUT2D eigenvalue weighted by Gasteiger charge is -2.48. The number of piperidine rings is 2. The SMILES string of the molecule is CN1[C@H]2CCC[C@H]1CC(N[C@@H]1CCC[C@@H]1NC(=O)OC(C)(C)C)C2. The smallest absolute Gasteiger partial charge is 0.407 e. The first-order valence-corrected chi connectivity index (χ1v) is 9.79. The van der Waals surface area contributed by atoms with Gasteiger partial charge in [0.15, 0.2) is 0 Å². The second-order valence-electron chi connectivity index (χ2n) is 9.03. The number of nitrogens with one attached hydrogen (secondary N) is 2. The van der Waals surface area contributed by atoms with Crippen molar-refractivity contribution in [3.05, 3.63) is 0 Å². The van der Waals surface area contributed by atoms with Crippen LogP contribution in [0.25, 0.3) is 0 Å². The molecule has 2 N–H and O–H groups in total. The quantitative estimate of drug-likeness (QED) is 0.831. The van der Waals surface area contributed by atoms with Crippen LogP contribution < -0.4 is 10.6 Å². The van der Waals surface area contributed by atoms with Gasteiger partial charge in [0.1, 0.15) is 5.60 Å². The minimum atomic E-state index is -0.434. The Morgan fingerprint density at radius 1 is 1.00 bits per heavy atom. The zero-order chi connectivity index (χ0) is 17.3. The van der Waals surface area contributed by atoms with E-state index in [2.05, 4.69) is 22.6 Å². The molecule has 3 aliphatic rings. The Kier molecular flexibility index (Phi) is 5.40. The van der Waals surface area contributed by atoms with Crippen LogP contribution >= 0.6 is 0 Å². The van der Waals surface area contributed by atoms with Crippen LogP contribution in [-0.4, -0.2) is 53.9 Å². The van der Waals surface area contributed by atoms with Crippen LogP contribution in [-0.2, 0) is 4.74 Å². The van der Waals surface area contributed by atoms with Crippen molar-refractivity contribution in [2.24, 2.45) is 0 Å². The molecule has 3 fully saturated rings. The van der Waals surface area contributed by atoms with Crippen molar-refractivity contribution < 1.29 is 9.53 Å². The van der Waals surface area contributed by atoms with E-state index >= 15 is 0 Å². The lowest BCUT2D eigenvalue weighted by atomic mass is 9.82. The van der Waals surface area contributed by atoms with Gasteiger partial charge in [-0.3, -0.25) is 0 Å². The van der Waals surface area contributed by atoms with Crippen molar-refractivity contribution in [2.75, 3.05) is 7.05 Å². The molecule has 0 unspecified atom stereocenters. The third kappa shape index (κ3) is 4.42. The summed E-state index contributed by atoms with van der Waals surface area (Å²) < 4.78 is 5.43. The van der Waals surface area contributed by atoms with E-state index in [0.29, 0.717) is 12.1 Å². The van der Waals surface area contributed by atoms with E-state index in [1.165, 1.54) is 38.5 Å². The minimum absolute atomic E-state index is 0.208. The lowest BCUT2D eigenvalue weighted by Crippen LogP contribution is -2.58. The van der Waals surface area contributed by atoms with Crippen LogP contribution in [0, 0.1) is 0 Å². The summed E-state index contributed by atoms with van der Waals surface area (Å²) in [6.45, 7) is 5.73. The van der Waals surface area contributed by atoms with Gasteiger partial charge in [-0.2, -0.15) is 0 Å². The molecule has 2 heterocycles. The molecule has 5 heteroatoms. The highest BCUT2D eigenvalue weighted by Crippen LogP contribution is 2.33. The van der Waals surface area contributed by atoms with Crippen LogP contribution in [0.3, 0.4) is 0 Å². The number of alkyl carbamates (subject to hydrolysis) is 1. The third-order valence-corrected chi connectivity index (χ3v) is 6.01. The lowest BCUT2D eigenvalue weighted by molar-refractivity contribution is 0.0416. The van der Waals surface area contributed by atoms with Gasteiger partial charge in [-0.25, -0.2) is 4.79 Å². The monoisotopic (exact) mass is 337 g/mol. The van der Waals surface area contributed by atoms with Gasteiger partial charge in [0.2, 0.25) is 0 Å². The average Bonchev–Trinajstić information content (AvgIpc) is 2.85. The van der Waals surface area contributed by atoms with Crippen LogP contribution in [0.1, 0.15) is 72.1 Å². The van der Waals surface area contributed by atoms with Gasteiger partial charge in [0.05, 0.1) is 0 Å². The average molecular weight is 338 g/mol. The summed E-state index contributed by atoms with van der Waals surface area (Å²) in [4.78, 5) is 14.7. The third-order valence-electron chi connectivity index (χ3n) is 6.01. The second-order valence-corrected chi connectivity index (χ2v) is 9.03. The molecule has 138 valence electrons. The first kappa shape index (κ1) is 18.0. The fourth-order valence-electron chi connectivity index (χ4n) is 4.85. The Labute approximate surface area is 146 Å². The molecule has 0 aromatic rings. The normalized spacial score (nSPS) is 37.2. The Morgan fingerprint density at radius 3 is 2.21 bits per heavy atom. The van der Waals surface area contributed by atoms with Gasteiger partial charge >= 0.3 is 6.09 Å². The van der Waals surface area contributed by atoms with Crippen molar-refractivity contribution in [3.8, 4) is 0 Å². The fraction of sp³-hybridized carbons (Fsp3) is 0.947. The van der Waals surface area contributed by atoms with Gasteiger partial charge in [0, 0.05) is 30.2 Å². The molecule has 0 aromatic carbocycles. The van der Waals surface area contributed by atoms with E-state index in [0.717, 1.165) is 24.9 Å². The maximum atomic E-state index is 12.1. The van der Waals surface area contributed by atoms with Crippen molar-refractivity contribution >= 4 is 6.09 Å². The molecule has 4 atom stereocenters. The number of ether oxygens (including phenoxy) is 1. The zero-order valence-corrected chi connectivity index (χ0v) is 15.8. The highest BCUT2D eigenvalue weighted by Gasteiger charge is 2.38. The fourth-order valence-corrected chi connectivity index (χ4v) is 4.85. The molecular formula is C19H35N3O2. The van der Waals surface area contributed by atoms with Crippen LogP contribution in [0.15, 0.2) is 0 Å². The first-order valence-electron chi connectivity index (χ1n) is 9.79. The molecule has 3 rings (SSSR count). The summed E-state index contributed by atoms with van der Waals surface area (Å²) in [5.74, 6) is 0. The van der Waals surface area contributed by atoms with Crippen molar-refractivity contribution in [1.29, 1.82) is 0 Å². The number of carbonyl (C=O) groups excluding carboxylic acids is 1. The van der Waals surface area contributed by atoms with E-state index in [4.69, 9.17) is 4.74 Å². The van der Waals surface area contributed by atoms with E-state index < -0.39 is 5.60 Å². The number of fused-ring (bicyclic) bond motifs is 2. The molecule has 5 nitrogen and oxygen atoms in total. The van der Waals surface area contributed by atoms with Gasteiger partial charge in [-0.15, -0.1) is 0 Å². The molecule has 1 saturated carbocycles. The molecule has 2 bridgehead atoms. The summed E-state index contributed by atoms with van der Waals surface area (Å²) in [7, 11) is 2.30. The number of carbonyl (C=O) groups is 1. The molecule has 0 radical (unpaired) electrons. The number of rotatable bonds is 3. The largest absolute Gasteiger partial charge is 0.444 e. The summed E-state index contributed by atoms with van der Waals surface area (Å²) in [6.07, 6.45) is 9.69. The van der Waals surface area contributed by atoms with Crippen LogP contribution in [0.2, 0.25) is 0 Å². The standard InChI is InChI=1S/C19H35N3O2/c1-19(2,3)24-18(23)21-17-10-6-9-16(17)20-13-11-14-7-5-8-15(12-13)22(14)4/h13-17,20H,5-12H2,1-4H3,(H,21,23)/t14-,15-,16+,17-/m0/s1. The Hall–Kier alpha value is -0.810. The maximum absolute atomic E-state index is 12.1. The first-order chi connectivity index (χ1) is 11.3. The van der Waals surface area contributed by atoms with Crippen molar-refractivity contribution in [3.63, 3.8) is 0 Å². The van der Waals surface area contributed by atoms with Crippen LogP contribution in [0.4, 0.5) is 4.79 Å². The molecule has 2 aliphatic heterocycles. The number of amides is 1. The Morgan fingerprint density at radius 2 is 1.58 bits per heavy atom. The van der Waals surface area contributed by atoms with Crippen molar-refractivity contribution in [2.45, 2.75) is 108 Å². The van der Waals surface area contributed by atoms with Crippen LogP contribution in [0.5, 0.6) is 0 Å².